The van der Waals surface area contributed by atoms with Crippen LogP contribution in [-0.4, -0.2) is 39.0 Å². The molecule has 0 aliphatic heterocycles. The van der Waals surface area contributed by atoms with Crippen molar-refractivity contribution in [1.82, 2.24) is 4.57 Å². The van der Waals surface area contributed by atoms with Gasteiger partial charge in [0.1, 0.15) is 17.7 Å². The molecule has 0 spiro atoms. The highest BCUT2D eigenvalue weighted by molar-refractivity contribution is 6.31. The molecule has 2 amide bonds. The molecular formula is C23H27ClN2O7. The SMILES string of the molecule is CC(C)(C)OC(=O)N(C(=O)OC(C)(C)C)c1ccc(Cl)cc1-c1ccn(CC(=O)O)c(=O)c1. The number of aromatic nitrogens is 1. The maximum Gasteiger partial charge on any atom is 0.424 e. The zero-order valence-electron chi connectivity index (χ0n) is 19.3. The number of carbonyl (C=O) groups is 3. The molecule has 2 rings (SSSR count). The van der Waals surface area contributed by atoms with Gasteiger partial charge in [-0.1, -0.05) is 11.6 Å². The van der Waals surface area contributed by atoms with Crippen molar-refractivity contribution >= 4 is 35.4 Å². The number of carbonyl (C=O) groups excluding carboxylic acids is 2. The molecule has 0 fully saturated rings. The number of rotatable bonds is 4. The summed E-state index contributed by atoms with van der Waals surface area (Å²) in [5, 5.41) is 9.24. The highest BCUT2D eigenvalue weighted by Gasteiger charge is 2.34. The number of hydrogen-bond acceptors (Lipinski definition) is 6. The summed E-state index contributed by atoms with van der Waals surface area (Å²) in [6.07, 6.45) is -0.638. The highest BCUT2D eigenvalue weighted by Crippen LogP contribution is 2.34. The molecule has 0 aliphatic carbocycles. The minimum absolute atomic E-state index is 0.0817. The average Bonchev–Trinajstić information content (AvgIpc) is 2.61. The van der Waals surface area contributed by atoms with E-state index in [1.54, 1.807) is 41.5 Å². The third-order valence-electron chi connectivity index (χ3n) is 3.96. The summed E-state index contributed by atoms with van der Waals surface area (Å²) in [6.45, 7) is 9.42. The normalized spacial score (nSPS) is 11.6. The molecule has 0 unspecified atom stereocenters. The van der Waals surface area contributed by atoms with Crippen LogP contribution in [-0.2, 0) is 20.8 Å². The molecule has 1 heterocycles. The topological polar surface area (TPSA) is 115 Å². The Hall–Kier alpha value is -3.33. The van der Waals surface area contributed by atoms with Gasteiger partial charge in [0.25, 0.3) is 5.56 Å². The number of carboxylic acids is 1. The van der Waals surface area contributed by atoms with E-state index in [1.165, 1.54) is 36.5 Å². The number of halogens is 1. The smallest absolute Gasteiger partial charge is 0.424 e. The second kappa shape index (κ2) is 9.66. The number of benzene rings is 1. The predicted molar refractivity (Wildman–Crippen MR) is 124 cm³/mol. The van der Waals surface area contributed by atoms with Crippen molar-refractivity contribution < 1.29 is 29.0 Å². The molecule has 0 radical (unpaired) electrons. The van der Waals surface area contributed by atoms with Gasteiger partial charge in [-0.3, -0.25) is 9.59 Å². The second-order valence-electron chi connectivity index (χ2n) is 9.23. The fraction of sp³-hybridized carbons (Fsp3) is 0.391. The lowest BCUT2D eigenvalue weighted by Gasteiger charge is -2.29. The summed E-state index contributed by atoms with van der Waals surface area (Å²) in [5.41, 5.74) is -1.71. The molecule has 2 aromatic rings. The first-order valence-corrected chi connectivity index (χ1v) is 10.4. The van der Waals surface area contributed by atoms with Gasteiger partial charge in [0.2, 0.25) is 0 Å². The monoisotopic (exact) mass is 478 g/mol. The molecule has 9 nitrogen and oxygen atoms in total. The predicted octanol–water partition coefficient (Wildman–Crippen LogP) is 4.93. The molecule has 0 saturated carbocycles. The molecule has 0 atom stereocenters. The molecule has 1 aromatic carbocycles. The van der Waals surface area contributed by atoms with Gasteiger partial charge in [0, 0.05) is 22.8 Å². The van der Waals surface area contributed by atoms with E-state index in [4.69, 9.17) is 26.2 Å². The standard InChI is InChI=1S/C23H27ClN2O7/c1-22(2,3)32-20(30)26(21(31)33-23(4,5)6)17-8-7-15(24)12-16(17)14-9-10-25(13-19(28)29)18(27)11-14/h7-12H,13H2,1-6H3,(H,28,29). The van der Waals surface area contributed by atoms with Crippen LogP contribution in [0.1, 0.15) is 41.5 Å². The van der Waals surface area contributed by atoms with Crippen LogP contribution < -0.4 is 10.5 Å². The Bertz CT molecular complexity index is 1100. The van der Waals surface area contributed by atoms with E-state index in [2.05, 4.69) is 0 Å². The molecule has 178 valence electrons. The highest BCUT2D eigenvalue weighted by atomic mass is 35.5. The Morgan fingerprint density at radius 1 is 0.970 bits per heavy atom. The van der Waals surface area contributed by atoms with Crippen molar-refractivity contribution in [3.05, 3.63) is 51.9 Å². The van der Waals surface area contributed by atoms with Gasteiger partial charge >= 0.3 is 18.2 Å². The summed E-state index contributed by atoms with van der Waals surface area (Å²) < 4.78 is 11.8. The third-order valence-corrected chi connectivity index (χ3v) is 4.20. The van der Waals surface area contributed by atoms with E-state index in [1.807, 2.05) is 0 Å². The molecule has 0 aliphatic rings. The van der Waals surface area contributed by atoms with Crippen LogP contribution in [0, 0.1) is 0 Å². The maximum absolute atomic E-state index is 13.0. The van der Waals surface area contributed by atoms with E-state index in [-0.39, 0.29) is 16.3 Å². The summed E-state index contributed by atoms with van der Waals surface area (Å²) in [7, 11) is 0. The molecule has 0 bridgehead atoms. The Morgan fingerprint density at radius 2 is 1.52 bits per heavy atom. The molecule has 1 N–H and O–H groups in total. The van der Waals surface area contributed by atoms with E-state index in [0.29, 0.717) is 5.56 Å². The zero-order valence-corrected chi connectivity index (χ0v) is 20.1. The van der Waals surface area contributed by atoms with Crippen LogP contribution in [0.5, 0.6) is 0 Å². The molecular weight excluding hydrogens is 452 g/mol. The van der Waals surface area contributed by atoms with Gasteiger partial charge in [-0.05, 0) is 71.4 Å². The fourth-order valence-electron chi connectivity index (χ4n) is 2.77. The lowest BCUT2D eigenvalue weighted by Crippen LogP contribution is -2.44. The third kappa shape index (κ3) is 7.35. The van der Waals surface area contributed by atoms with Gasteiger partial charge < -0.3 is 19.1 Å². The molecule has 33 heavy (non-hydrogen) atoms. The largest absolute Gasteiger partial charge is 0.480 e. The quantitative estimate of drug-likeness (QED) is 0.662. The minimum Gasteiger partial charge on any atom is -0.480 e. The number of hydrogen-bond donors (Lipinski definition) is 1. The van der Waals surface area contributed by atoms with E-state index in [9.17, 15) is 19.2 Å². The summed E-state index contributed by atoms with van der Waals surface area (Å²) >= 11 is 6.17. The van der Waals surface area contributed by atoms with Gasteiger partial charge in [-0.25, -0.2) is 9.59 Å². The number of carboxylic acid groups (broad SMARTS) is 1. The first-order valence-electron chi connectivity index (χ1n) is 10.1. The van der Waals surface area contributed by atoms with E-state index >= 15 is 0 Å². The number of imide groups is 1. The lowest BCUT2D eigenvalue weighted by molar-refractivity contribution is -0.137. The molecule has 0 saturated heterocycles. The minimum atomic E-state index is -1.17. The molecule has 1 aromatic heterocycles. The number of pyridine rings is 1. The maximum atomic E-state index is 13.0. The Morgan fingerprint density at radius 3 is 1.97 bits per heavy atom. The van der Waals surface area contributed by atoms with Crippen molar-refractivity contribution in [3.8, 4) is 11.1 Å². The Kier molecular flexibility index (Phi) is 7.59. The van der Waals surface area contributed by atoms with Crippen LogP contribution in [0.25, 0.3) is 11.1 Å². The number of nitrogens with zero attached hydrogens (tertiary/aromatic N) is 2. The van der Waals surface area contributed by atoms with Gasteiger partial charge in [-0.15, -0.1) is 0 Å². The average molecular weight is 479 g/mol. The zero-order chi connectivity index (χ0) is 25.1. The summed E-state index contributed by atoms with van der Waals surface area (Å²) in [4.78, 5) is 50.2. The van der Waals surface area contributed by atoms with Crippen LogP contribution in [0.2, 0.25) is 5.02 Å². The van der Waals surface area contributed by atoms with Crippen molar-refractivity contribution in [2.45, 2.75) is 59.3 Å². The van der Waals surface area contributed by atoms with Crippen molar-refractivity contribution in [2.75, 3.05) is 4.90 Å². The number of ether oxygens (including phenoxy) is 2. The first kappa shape index (κ1) is 25.9. The van der Waals surface area contributed by atoms with Crippen molar-refractivity contribution in [2.24, 2.45) is 0 Å². The van der Waals surface area contributed by atoms with Crippen molar-refractivity contribution in [1.29, 1.82) is 0 Å². The van der Waals surface area contributed by atoms with Crippen LogP contribution >= 0.6 is 11.6 Å². The molecule has 10 heteroatoms. The van der Waals surface area contributed by atoms with Crippen LogP contribution in [0.3, 0.4) is 0 Å². The fourth-order valence-corrected chi connectivity index (χ4v) is 2.94. The van der Waals surface area contributed by atoms with Gasteiger partial charge in [0.05, 0.1) is 5.69 Å². The van der Waals surface area contributed by atoms with Gasteiger partial charge in [-0.2, -0.15) is 4.90 Å². The summed E-state index contributed by atoms with van der Waals surface area (Å²) in [6, 6.07) is 7.08. The van der Waals surface area contributed by atoms with Crippen LogP contribution in [0.15, 0.2) is 41.3 Å². The van der Waals surface area contributed by atoms with Crippen LogP contribution in [0.4, 0.5) is 15.3 Å². The number of aliphatic carboxylic acids is 1. The second-order valence-corrected chi connectivity index (χ2v) is 9.67. The Labute approximate surface area is 196 Å². The lowest BCUT2D eigenvalue weighted by atomic mass is 10.0. The summed E-state index contributed by atoms with van der Waals surface area (Å²) in [5.74, 6) is -1.17. The number of anilines is 1. The first-order chi connectivity index (χ1) is 15.1. The number of amides is 2. The Balaban J connectivity index is 2.67. The van der Waals surface area contributed by atoms with Crippen molar-refractivity contribution in [3.63, 3.8) is 0 Å². The van der Waals surface area contributed by atoms with E-state index in [0.717, 1.165) is 9.47 Å². The van der Waals surface area contributed by atoms with Gasteiger partial charge in [0.15, 0.2) is 0 Å². The van der Waals surface area contributed by atoms with E-state index < -0.39 is 41.5 Å².